The standard InChI is InChI=1S/C13H20N4O2.2ClH/c18-13(12-9-14-5-8-19-12)17-6-2-10(3-7-17)11-1-4-15-16-11;;/h1,4,10,12,14H,2-3,5-9H2,(H,15,16);2*1H. The molecule has 3 rings (SSSR count). The highest BCUT2D eigenvalue weighted by molar-refractivity contribution is 5.85. The SMILES string of the molecule is Cl.Cl.O=C(C1CNCCO1)N1CCC(c2ccn[nH]2)CC1. The largest absolute Gasteiger partial charge is 0.366 e. The predicted molar refractivity (Wildman–Crippen MR) is 84.2 cm³/mol. The Morgan fingerprint density at radius 3 is 2.67 bits per heavy atom. The molecule has 0 radical (unpaired) electrons. The molecule has 2 aliphatic rings. The van der Waals surface area contributed by atoms with Crippen LogP contribution in [-0.4, -0.2) is 59.9 Å². The number of rotatable bonds is 2. The van der Waals surface area contributed by atoms with E-state index in [1.807, 2.05) is 11.0 Å². The number of likely N-dealkylation sites (tertiary alicyclic amines) is 1. The molecule has 1 aromatic rings. The lowest BCUT2D eigenvalue weighted by atomic mass is 9.93. The number of carbonyl (C=O) groups is 1. The summed E-state index contributed by atoms with van der Waals surface area (Å²) in [6, 6.07) is 2.02. The Morgan fingerprint density at radius 1 is 1.33 bits per heavy atom. The third-order valence-corrected chi connectivity index (χ3v) is 3.97. The van der Waals surface area contributed by atoms with Crippen molar-refractivity contribution in [3.8, 4) is 0 Å². The summed E-state index contributed by atoms with van der Waals surface area (Å²) in [5, 5.41) is 10.2. The maximum Gasteiger partial charge on any atom is 0.253 e. The first-order valence-corrected chi connectivity index (χ1v) is 6.95. The van der Waals surface area contributed by atoms with Crippen LogP contribution in [0.15, 0.2) is 12.3 Å². The van der Waals surface area contributed by atoms with Gasteiger partial charge in [0.1, 0.15) is 6.10 Å². The molecule has 1 aromatic heterocycles. The van der Waals surface area contributed by atoms with Crippen molar-refractivity contribution in [3.05, 3.63) is 18.0 Å². The molecule has 21 heavy (non-hydrogen) atoms. The van der Waals surface area contributed by atoms with Crippen molar-refractivity contribution in [2.45, 2.75) is 24.9 Å². The normalized spacial score (nSPS) is 23.0. The smallest absolute Gasteiger partial charge is 0.253 e. The highest BCUT2D eigenvalue weighted by atomic mass is 35.5. The monoisotopic (exact) mass is 336 g/mol. The number of hydrogen-bond donors (Lipinski definition) is 2. The van der Waals surface area contributed by atoms with Gasteiger partial charge in [-0.05, 0) is 18.9 Å². The van der Waals surface area contributed by atoms with E-state index in [9.17, 15) is 4.79 Å². The summed E-state index contributed by atoms with van der Waals surface area (Å²) in [6.07, 6.45) is 3.48. The van der Waals surface area contributed by atoms with Crippen LogP contribution in [-0.2, 0) is 9.53 Å². The van der Waals surface area contributed by atoms with Gasteiger partial charge in [-0.25, -0.2) is 0 Å². The van der Waals surface area contributed by atoms with E-state index >= 15 is 0 Å². The van der Waals surface area contributed by atoms with Crippen LogP contribution < -0.4 is 5.32 Å². The number of piperidine rings is 1. The van der Waals surface area contributed by atoms with Gasteiger partial charge in [-0.1, -0.05) is 0 Å². The number of ether oxygens (including phenoxy) is 1. The van der Waals surface area contributed by atoms with Crippen molar-refractivity contribution in [1.82, 2.24) is 20.4 Å². The van der Waals surface area contributed by atoms with Crippen molar-refractivity contribution in [1.29, 1.82) is 0 Å². The topological polar surface area (TPSA) is 70.2 Å². The van der Waals surface area contributed by atoms with Crippen LogP contribution in [0, 0.1) is 0 Å². The molecular formula is C13H22Cl2N4O2. The molecule has 0 spiro atoms. The van der Waals surface area contributed by atoms with Crippen molar-refractivity contribution in [2.24, 2.45) is 0 Å². The molecule has 0 saturated carbocycles. The first kappa shape index (κ1) is 18.2. The van der Waals surface area contributed by atoms with Gasteiger partial charge < -0.3 is 15.0 Å². The Kier molecular flexibility index (Phi) is 7.45. The molecule has 1 amide bonds. The number of nitrogens with zero attached hydrogens (tertiary/aromatic N) is 2. The molecule has 6 nitrogen and oxygen atoms in total. The number of carbonyl (C=O) groups excluding carboxylic acids is 1. The van der Waals surface area contributed by atoms with E-state index in [0.29, 0.717) is 19.1 Å². The van der Waals surface area contributed by atoms with E-state index in [1.165, 1.54) is 5.69 Å². The Hall–Kier alpha value is -0.820. The van der Waals surface area contributed by atoms with E-state index in [4.69, 9.17) is 4.74 Å². The van der Waals surface area contributed by atoms with E-state index in [2.05, 4.69) is 15.5 Å². The Morgan fingerprint density at radius 2 is 2.10 bits per heavy atom. The average Bonchev–Trinajstić information content (AvgIpc) is 3.02. The molecule has 0 aromatic carbocycles. The Balaban J connectivity index is 0.00000110. The quantitative estimate of drug-likeness (QED) is 0.843. The summed E-state index contributed by atoms with van der Waals surface area (Å²) in [7, 11) is 0. The minimum absolute atomic E-state index is 0. The van der Waals surface area contributed by atoms with Crippen LogP contribution in [0.2, 0.25) is 0 Å². The second-order valence-electron chi connectivity index (χ2n) is 5.18. The lowest BCUT2D eigenvalue weighted by Crippen LogP contribution is -2.51. The summed E-state index contributed by atoms with van der Waals surface area (Å²) in [4.78, 5) is 14.2. The van der Waals surface area contributed by atoms with Gasteiger partial charge in [0.05, 0.1) is 6.61 Å². The zero-order valence-corrected chi connectivity index (χ0v) is 13.4. The average molecular weight is 337 g/mol. The fraction of sp³-hybridized carbons (Fsp3) is 0.692. The highest BCUT2D eigenvalue weighted by Crippen LogP contribution is 2.26. The fourth-order valence-corrected chi connectivity index (χ4v) is 2.83. The zero-order valence-electron chi connectivity index (χ0n) is 11.8. The zero-order chi connectivity index (χ0) is 13.1. The van der Waals surface area contributed by atoms with Gasteiger partial charge >= 0.3 is 0 Å². The number of aromatic amines is 1. The second kappa shape index (κ2) is 8.58. The third-order valence-electron chi connectivity index (χ3n) is 3.97. The number of morpholine rings is 1. The molecule has 2 fully saturated rings. The van der Waals surface area contributed by atoms with Crippen molar-refractivity contribution < 1.29 is 9.53 Å². The molecule has 2 saturated heterocycles. The molecule has 2 aliphatic heterocycles. The molecule has 2 N–H and O–H groups in total. The van der Waals surface area contributed by atoms with Gasteiger partial charge in [0.15, 0.2) is 0 Å². The molecule has 3 heterocycles. The summed E-state index contributed by atoms with van der Waals surface area (Å²) in [5.41, 5.74) is 1.18. The Labute approximate surface area is 136 Å². The van der Waals surface area contributed by atoms with Crippen molar-refractivity contribution >= 4 is 30.7 Å². The molecule has 1 atom stereocenters. The molecule has 0 aliphatic carbocycles. The number of nitrogens with one attached hydrogen (secondary N) is 2. The van der Waals surface area contributed by atoms with Gasteiger partial charge in [0.25, 0.3) is 5.91 Å². The number of amides is 1. The van der Waals surface area contributed by atoms with E-state index < -0.39 is 0 Å². The van der Waals surface area contributed by atoms with Crippen LogP contribution in [0.3, 0.4) is 0 Å². The van der Waals surface area contributed by atoms with Crippen LogP contribution in [0.5, 0.6) is 0 Å². The van der Waals surface area contributed by atoms with Gasteiger partial charge in [0, 0.05) is 44.0 Å². The van der Waals surface area contributed by atoms with Crippen molar-refractivity contribution in [2.75, 3.05) is 32.8 Å². The van der Waals surface area contributed by atoms with E-state index in [0.717, 1.165) is 32.5 Å². The van der Waals surface area contributed by atoms with Crippen LogP contribution in [0.4, 0.5) is 0 Å². The molecule has 1 unspecified atom stereocenters. The number of aromatic nitrogens is 2. The lowest BCUT2D eigenvalue weighted by molar-refractivity contribution is -0.146. The first-order valence-electron chi connectivity index (χ1n) is 6.95. The maximum atomic E-state index is 12.3. The summed E-state index contributed by atoms with van der Waals surface area (Å²) in [6.45, 7) is 3.72. The number of halogens is 2. The highest BCUT2D eigenvalue weighted by Gasteiger charge is 2.30. The van der Waals surface area contributed by atoms with Gasteiger partial charge in [-0.3, -0.25) is 9.89 Å². The number of hydrogen-bond acceptors (Lipinski definition) is 4. The fourth-order valence-electron chi connectivity index (χ4n) is 2.83. The van der Waals surface area contributed by atoms with E-state index in [1.54, 1.807) is 6.20 Å². The third kappa shape index (κ3) is 4.32. The summed E-state index contributed by atoms with van der Waals surface area (Å²) < 4.78 is 5.52. The second-order valence-corrected chi connectivity index (χ2v) is 5.18. The summed E-state index contributed by atoms with van der Waals surface area (Å²) >= 11 is 0. The molecular weight excluding hydrogens is 315 g/mol. The number of H-pyrrole nitrogens is 1. The van der Waals surface area contributed by atoms with E-state index in [-0.39, 0.29) is 36.8 Å². The first-order chi connectivity index (χ1) is 9.34. The Bertz CT molecular complexity index is 416. The minimum atomic E-state index is -0.294. The van der Waals surface area contributed by atoms with Crippen LogP contribution in [0.25, 0.3) is 0 Å². The summed E-state index contributed by atoms with van der Waals surface area (Å²) in [5.74, 6) is 0.632. The van der Waals surface area contributed by atoms with Gasteiger partial charge in [0.2, 0.25) is 0 Å². The predicted octanol–water partition coefficient (Wildman–Crippen LogP) is 0.948. The minimum Gasteiger partial charge on any atom is -0.366 e. The molecule has 0 bridgehead atoms. The van der Waals surface area contributed by atoms with Crippen LogP contribution in [0.1, 0.15) is 24.5 Å². The molecule has 120 valence electrons. The van der Waals surface area contributed by atoms with Crippen LogP contribution >= 0.6 is 24.8 Å². The lowest BCUT2D eigenvalue weighted by Gasteiger charge is -2.34. The van der Waals surface area contributed by atoms with Gasteiger partial charge in [-0.15, -0.1) is 24.8 Å². The van der Waals surface area contributed by atoms with Crippen molar-refractivity contribution in [3.63, 3.8) is 0 Å². The maximum absolute atomic E-state index is 12.3. The molecule has 8 heteroatoms. The van der Waals surface area contributed by atoms with Gasteiger partial charge in [-0.2, -0.15) is 5.10 Å².